The van der Waals surface area contributed by atoms with E-state index in [0.29, 0.717) is 6.61 Å². The third kappa shape index (κ3) is 2.47. The van der Waals surface area contributed by atoms with Crippen LogP contribution >= 0.6 is 11.8 Å². The van der Waals surface area contributed by atoms with Crippen molar-refractivity contribution < 1.29 is 9.30 Å². The van der Waals surface area contributed by atoms with Crippen molar-refractivity contribution in [3.63, 3.8) is 0 Å². The van der Waals surface area contributed by atoms with Gasteiger partial charge in [0.15, 0.2) is 0 Å². The summed E-state index contributed by atoms with van der Waals surface area (Å²) >= 11 is 1.16. The fourth-order valence-electron chi connectivity index (χ4n) is 1.04. The standard InChI is InChI=1S/C8H12N3OS/c1-10-3-4-11(5-6-12-2)8(10)13-7-9/h3-4H,5-6H2,1-2H3/q+1. The minimum absolute atomic E-state index is 0.660. The number of hydrogen-bond acceptors (Lipinski definition) is 3. The zero-order valence-corrected chi connectivity index (χ0v) is 8.54. The number of rotatable bonds is 4. The van der Waals surface area contributed by atoms with Crippen molar-refractivity contribution in [1.29, 1.82) is 5.26 Å². The van der Waals surface area contributed by atoms with Gasteiger partial charge in [-0.25, -0.2) is 9.13 Å². The highest BCUT2D eigenvalue weighted by Crippen LogP contribution is 2.11. The first-order chi connectivity index (χ1) is 6.29. The van der Waals surface area contributed by atoms with Gasteiger partial charge in [-0.05, 0) is 0 Å². The van der Waals surface area contributed by atoms with Gasteiger partial charge in [0.05, 0.1) is 25.4 Å². The van der Waals surface area contributed by atoms with Crippen LogP contribution < -0.4 is 4.57 Å². The number of imidazole rings is 1. The van der Waals surface area contributed by atoms with E-state index in [9.17, 15) is 0 Å². The molecule has 1 aromatic heterocycles. The lowest BCUT2D eigenvalue weighted by atomic mass is 10.7. The van der Waals surface area contributed by atoms with Crippen molar-refractivity contribution in [3.8, 4) is 5.40 Å². The van der Waals surface area contributed by atoms with Gasteiger partial charge in [-0.1, -0.05) is 0 Å². The third-order valence-electron chi connectivity index (χ3n) is 1.69. The number of ether oxygens (including phenoxy) is 1. The summed E-state index contributed by atoms with van der Waals surface area (Å²) in [7, 11) is 3.59. The number of aryl methyl sites for hydroxylation is 1. The van der Waals surface area contributed by atoms with E-state index in [-0.39, 0.29) is 0 Å². The monoisotopic (exact) mass is 198 g/mol. The largest absolute Gasteiger partial charge is 0.381 e. The van der Waals surface area contributed by atoms with E-state index in [2.05, 4.69) is 5.40 Å². The molecule has 0 aliphatic carbocycles. The van der Waals surface area contributed by atoms with Gasteiger partial charge in [-0.3, -0.25) is 0 Å². The highest BCUT2D eigenvalue weighted by atomic mass is 32.2. The zero-order valence-electron chi connectivity index (χ0n) is 7.73. The van der Waals surface area contributed by atoms with E-state index < -0.39 is 0 Å². The van der Waals surface area contributed by atoms with Gasteiger partial charge in [-0.15, -0.1) is 0 Å². The molecule has 13 heavy (non-hydrogen) atoms. The van der Waals surface area contributed by atoms with E-state index in [4.69, 9.17) is 10.00 Å². The summed E-state index contributed by atoms with van der Waals surface area (Å²) in [5, 5.41) is 11.6. The van der Waals surface area contributed by atoms with Crippen LogP contribution in [0.15, 0.2) is 17.6 Å². The lowest BCUT2D eigenvalue weighted by Crippen LogP contribution is -2.28. The molecule has 0 spiro atoms. The van der Waals surface area contributed by atoms with E-state index >= 15 is 0 Å². The Morgan fingerprint density at radius 3 is 3.15 bits per heavy atom. The molecule has 1 rings (SSSR count). The molecule has 0 radical (unpaired) electrons. The summed E-state index contributed by atoms with van der Waals surface area (Å²) in [5.41, 5.74) is 0. The second kappa shape index (κ2) is 4.90. The Balaban J connectivity index is 2.75. The predicted molar refractivity (Wildman–Crippen MR) is 49.0 cm³/mol. The van der Waals surface area contributed by atoms with Crippen LogP contribution in [0, 0.1) is 10.7 Å². The van der Waals surface area contributed by atoms with E-state index in [1.165, 1.54) is 0 Å². The molecule has 0 saturated carbocycles. The second-order valence-electron chi connectivity index (χ2n) is 2.57. The van der Waals surface area contributed by atoms with Crippen molar-refractivity contribution in [2.24, 2.45) is 7.05 Å². The molecule has 0 aromatic carbocycles. The van der Waals surface area contributed by atoms with Gasteiger partial charge < -0.3 is 4.74 Å². The number of thioether (sulfide) groups is 1. The summed E-state index contributed by atoms with van der Waals surface area (Å²) < 4.78 is 8.88. The molecule has 1 aromatic rings. The number of aromatic nitrogens is 2. The molecule has 0 amide bonds. The molecule has 0 saturated heterocycles. The fraction of sp³-hybridized carbons (Fsp3) is 0.500. The van der Waals surface area contributed by atoms with Crippen LogP contribution in [-0.2, 0) is 18.3 Å². The number of thiocyanates is 1. The van der Waals surface area contributed by atoms with Crippen molar-refractivity contribution >= 4 is 11.8 Å². The van der Waals surface area contributed by atoms with E-state index in [1.54, 1.807) is 7.11 Å². The SMILES string of the molecule is COCCn1cc[n+](C)c1SC#N. The molecule has 4 nitrogen and oxygen atoms in total. The minimum Gasteiger partial charge on any atom is -0.381 e. The average molecular weight is 198 g/mol. The molecule has 0 N–H and O–H groups in total. The second-order valence-corrected chi connectivity index (χ2v) is 3.32. The number of hydrogen-bond donors (Lipinski definition) is 0. The molecule has 0 bridgehead atoms. The van der Waals surface area contributed by atoms with Gasteiger partial charge in [0.25, 0.3) is 0 Å². The average Bonchev–Trinajstić information content (AvgIpc) is 2.46. The fourth-order valence-corrected chi connectivity index (χ4v) is 1.60. The van der Waals surface area contributed by atoms with Gasteiger partial charge in [-0.2, -0.15) is 5.26 Å². The molecule has 70 valence electrons. The Labute approximate surface area is 81.7 Å². The maximum Gasteiger partial charge on any atom is 0.332 e. The lowest BCUT2D eigenvalue weighted by Gasteiger charge is -1.97. The van der Waals surface area contributed by atoms with Crippen LogP contribution in [0.25, 0.3) is 0 Å². The van der Waals surface area contributed by atoms with Crippen molar-refractivity contribution in [1.82, 2.24) is 4.57 Å². The first-order valence-corrected chi connectivity index (χ1v) is 4.71. The maximum atomic E-state index is 8.57. The van der Waals surface area contributed by atoms with Crippen molar-refractivity contribution in [2.75, 3.05) is 13.7 Å². The predicted octanol–water partition coefficient (Wildman–Crippen LogP) is 0.532. The molecular formula is C8H12N3OS+. The summed E-state index contributed by atoms with van der Waals surface area (Å²) in [6.07, 6.45) is 3.87. The first kappa shape index (κ1) is 10.1. The summed E-state index contributed by atoms with van der Waals surface area (Å²) in [4.78, 5) is 0. The Kier molecular flexibility index (Phi) is 3.80. The van der Waals surface area contributed by atoms with E-state index in [0.717, 1.165) is 23.5 Å². The molecule has 0 unspecified atom stereocenters. The van der Waals surface area contributed by atoms with Gasteiger partial charge >= 0.3 is 5.16 Å². The van der Waals surface area contributed by atoms with Crippen LogP contribution in [0.3, 0.4) is 0 Å². The van der Waals surface area contributed by atoms with Crippen LogP contribution in [-0.4, -0.2) is 18.3 Å². The first-order valence-electron chi connectivity index (χ1n) is 3.89. The normalized spacial score (nSPS) is 9.92. The van der Waals surface area contributed by atoms with E-state index in [1.807, 2.05) is 28.6 Å². The summed E-state index contributed by atoms with van der Waals surface area (Å²) in [6, 6.07) is 0. The molecule has 5 heteroatoms. The Hall–Kier alpha value is -0.990. The molecule has 0 fully saturated rings. The van der Waals surface area contributed by atoms with Gasteiger partial charge in [0.1, 0.15) is 24.3 Å². The number of methoxy groups -OCH3 is 1. The number of nitriles is 1. The highest BCUT2D eigenvalue weighted by Gasteiger charge is 2.14. The third-order valence-corrected chi connectivity index (χ3v) is 2.49. The summed E-state index contributed by atoms with van der Waals surface area (Å²) in [6.45, 7) is 1.44. The van der Waals surface area contributed by atoms with Crippen LogP contribution in [0.5, 0.6) is 0 Å². The molecule has 1 heterocycles. The van der Waals surface area contributed by atoms with Crippen LogP contribution in [0.4, 0.5) is 0 Å². The maximum absolute atomic E-state index is 8.57. The summed E-state index contributed by atoms with van der Waals surface area (Å²) in [5.74, 6) is 0. The van der Waals surface area contributed by atoms with Crippen molar-refractivity contribution in [2.45, 2.75) is 11.7 Å². The molecule has 0 aliphatic heterocycles. The topological polar surface area (TPSA) is 41.8 Å². The van der Waals surface area contributed by atoms with Crippen LogP contribution in [0.1, 0.15) is 0 Å². The molecule has 0 aliphatic rings. The Bertz CT molecular complexity index is 316. The highest BCUT2D eigenvalue weighted by molar-refractivity contribution is 8.03. The number of nitrogens with zero attached hydrogens (tertiary/aromatic N) is 3. The van der Waals surface area contributed by atoms with Gasteiger partial charge in [0.2, 0.25) is 0 Å². The lowest BCUT2D eigenvalue weighted by molar-refractivity contribution is -0.709. The smallest absolute Gasteiger partial charge is 0.332 e. The minimum atomic E-state index is 0.660. The molecule has 0 atom stereocenters. The quantitative estimate of drug-likeness (QED) is 0.402. The van der Waals surface area contributed by atoms with Crippen molar-refractivity contribution in [3.05, 3.63) is 12.4 Å². The Morgan fingerprint density at radius 2 is 2.54 bits per heavy atom. The zero-order chi connectivity index (χ0) is 9.68. The van der Waals surface area contributed by atoms with Crippen LogP contribution in [0.2, 0.25) is 0 Å². The molecular weight excluding hydrogens is 186 g/mol. The Morgan fingerprint density at radius 1 is 1.77 bits per heavy atom. The van der Waals surface area contributed by atoms with Gasteiger partial charge in [0, 0.05) is 7.11 Å².